The standard InChI is InChI=1S/C18H20BrN5O2/c1-10-6-13(19)7-11(2)15(10)24-8-14-16(22-24)20-18(21-17(14)25)23-4-5-26-9-12(23)3/h6-8,12H,4-5,9H2,1-3H3,(H,20,21,22,25)/t12-/m1/s1. The number of aromatic nitrogens is 4. The molecule has 3 aromatic rings. The molecule has 0 spiro atoms. The van der Waals surface area contributed by atoms with Crippen molar-refractivity contribution in [2.24, 2.45) is 0 Å². The molecule has 1 saturated heterocycles. The average molecular weight is 418 g/mol. The Hall–Kier alpha value is -2.19. The van der Waals surface area contributed by atoms with Gasteiger partial charge in [-0.2, -0.15) is 4.98 Å². The van der Waals surface area contributed by atoms with E-state index in [2.05, 4.69) is 42.8 Å². The van der Waals surface area contributed by atoms with E-state index in [-0.39, 0.29) is 11.6 Å². The molecule has 1 aliphatic rings. The predicted molar refractivity (Wildman–Crippen MR) is 104 cm³/mol. The maximum absolute atomic E-state index is 12.6. The molecule has 0 aliphatic carbocycles. The van der Waals surface area contributed by atoms with Crippen LogP contribution in [-0.2, 0) is 4.74 Å². The molecule has 0 amide bonds. The van der Waals surface area contributed by atoms with E-state index in [4.69, 9.17) is 4.74 Å². The summed E-state index contributed by atoms with van der Waals surface area (Å²) >= 11 is 3.51. The summed E-state index contributed by atoms with van der Waals surface area (Å²) in [6.07, 6.45) is 1.75. The Labute approximate surface area is 159 Å². The van der Waals surface area contributed by atoms with Gasteiger partial charge in [0.25, 0.3) is 5.56 Å². The highest BCUT2D eigenvalue weighted by molar-refractivity contribution is 9.10. The van der Waals surface area contributed by atoms with Gasteiger partial charge in [-0.15, -0.1) is 5.10 Å². The number of fused-ring (bicyclic) bond motifs is 1. The molecule has 2 aromatic heterocycles. The van der Waals surface area contributed by atoms with E-state index in [9.17, 15) is 4.79 Å². The Morgan fingerprint density at radius 1 is 1.31 bits per heavy atom. The van der Waals surface area contributed by atoms with Crippen molar-refractivity contribution >= 4 is 32.9 Å². The van der Waals surface area contributed by atoms with Crippen LogP contribution >= 0.6 is 15.9 Å². The summed E-state index contributed by atoms with van der Waals surface area (Å²) in [7, 11) is 0. The highest BCUT2D eigenvalue weighted by Crippen LogP contribution is 2.25. The van der Waals surface area contributed by atoms with Gasteiger partial charge in [0, 0.05) is 17.2 Å². The van der Waals surface area contributed by atoms with Gasteiger partial charge in [0.1, 0.15) is 5.39 Å². The molecule has 0 radical (unpaired) electrons. The molecular weight excluding hydrogens is 398 g/mol. The quantitative estimate of drug-likeness (QED) is 0.693. The number of nitrogens with zero attached hydrogens (tertiary/aromatic N) is 4. The molecule has 1 N–H and O–H groups in total. The topological polar surface area (TPSA) is 76.0 Å². The normalized spacial score (nSPS) is 17.8. The first kappa shape index (κ1) is 17.2. The number of morpholine rings is 1. The molecule has 4 rings (SSSR count). The van der Waals surface area contributed by atoms with E-state index >= 15 is 0 Å². The van der Waals surface area contributed by atoms with Crippen molar-refractivity contribution < 1.29 is 4.74 Å². The zero-order valence-corrected chi connectivity index (χ0v) is 16.5. The van der Waals surface area contributed by atoms with E-state index in [1.807, 2.05) is 26.0 Å². The van der Waals surface area contributed by atoms with Crippen molar-refractivity contribution in [2.75, 3.05) is 24.7 Å². The Morgan fingerprint density at radius 3 is 2.73 bits per heavy atom. The second-order valence-electron chi connectivity index (χ2n) is 6.71. The van der Waals surface area contributed by atoms with Gasteiger partial charge in [0.15, 0.2) is 5.65 Å². The number of nitrogens with one attached hydrogen (secondary N) is 1. The van der Waals surface area contributed by atoms with E-state index in [0.717, 1.165) is 21.3 Å². The summed E-state index contributed by atoms with van der Waals surface area (Å²) in [4.78, 5) is 22.2. The lowest BCUT2D eigenvalue weighted by atomic mass is 10.1. The Balaban J connectivity index is 1.83. The minimum Gasteiger partial charge on any atom is -0.377 e. The van der Waals surface area contributed by atoms with Crippen LogP contribution in [0.4, 0.5) is 5.95 Å². The fourth-order valence-corrected chi connectivity index (χ4v) is 4.15. The van der Waals surface area contributed by atoms with Crippen molar-refractivity contribution in [3.63, 3.8) is 0 Å². The van der Waals surface area contributed by atoms with Gasteiger partial charge in [-0.3, -0.25) is 9.78 Å². The minimum atomic E-state index is -0.178. The molecule has 1 aromatic carbocycles. The Kier molecular flexibility index (Phi) is 4.32. The fourth-order valence-electron chi connectivity index (χ4n) is 3.46. The molecule has 1 fully saturated rings. The number of H-pyrrole nitrogens is 1. The maximum atomic E-state index is 12.6. The van der Waals surface area contributed by atoms with Gasteiger partial charge in [0.05, 0.1) is 24.9 Å². The molecule has 26 heavy (non-hydrogen) atoms. The summed E-state index contributed by atoms with van der Waals surface area (Å²) < 4.78 is 8.23. The molecule has 0 saturated carbocycles. The van der Waals surface area contributed by atoms with Gasteiger partial charge in [0.2, 0.25) is 5.95 Å². The highest BCUT2D eigenvalue weighted by atomic mass is 79.9. The summed E-state index contributed by atoms with van der Waals surface area (Å²) in [5, 5.41) is 5.07. The van der Waals surface area contributed by atoms with Crippen LogP contribution in [-0.4, -0.2) is 45.5 Å². The zero-order valence-electron chi connectivity index (χ0n) is 14.9. The fraction of sp³-hybridized carbons (Fsp3) is 0.389. The van der Waals surface area contributed by atoms with E-state index < -0.39 is 0 Å². The first-order valence-electron chi connectivity index (χ1n) is 8.55. The lowest BCUT2D eigenvalue weighted by molar-refractivity contribution is 0.0981. The number of halogens is 1. The van der Waals surface area contributed by atoms with Crippen molar-refractivity contribution in [1.29, 1.82) is 0 Å². The summed E-state index contributed by atoms with van der Waals surface area (Å²) in [6, 6.07) is 4.22. The molecule has 3 heterocycles. The molecule has 0 bridgehead atoms. The summed E-state index contributed by atoms with van der Waals surface area (Å²) in [6.45, 7) is 8.04. The third kappa shape index (κ3) is 2.93. The first-order valence-corrected chi connectivity index (χ1v) is 9.34. The molecule has 8 heteroatoms. The highest BCUT2D eigenvalue weighted by Gasteiger charge is 2.22. The van der Waals surface area contributed by atoms with Crippen LogP contribution in [0.2, 0.25) is 0 Å². The second-order valence-corrected chi connectivity index (χ2v) is 7.62. The van der Waals surface area contributed by atoms with Crippen LogP contribution < -0.4 is 10.5 Å². The molecule has 1 aliphatic heterocycles. The number of ether oxygens (including phenoxy) is 1. The first-order chi connectivity index (χ1) is 12.4. The Bertz CT molecular complexity index is 1020. The maximum Gasteiger partial charge on any atom is 0.263 e. The molecule has 0 unspecified atom stereocenters. The number of hydrogen-bond donors (Lipinski definition) is 1. The lowest BCUT2D eigenvalue weighted by Gasteiger charge is -2.33. The van der Waals surface area contributed by atoms with Crippen LogP contribution in [0.1, 0.15) is 18.1 Å². The van der Waals surface area contributed by atoms with E-state index in [0.29, 0.717) is 36.7 Å². The lowest BCUT2D eigenvalue weighted by Crippen LogP contribution is -2.45. The summed E-state index contributed by atoms with van der Waals surface area (Å²) in [5.74, 6) is 0.549. The Morgan fingerprint density at radius 2 is 2.04 bits per heavy atom. The van der Waals surface area contributed by atoms with Gasteiger partial charge in [-0.1, -0.05) is 15.9 Å². The van der Waals surface area contributed by atoms with Gasteiger partial charge < -0.3 is 9.64 Å². The smallest absolute Gasteiger partial charge is 0.263 e. The average Bonchev–Trinajstić information content (AvgIpc) is 2.98. The minimum absolute atomic E-state index is 0.155. The van der Waals surface area contributed by atoms with Crippen molar-refractivity contribution in [2.45, 2.75) is 26.8 Å². The van der Waals surface area contributed by atoms with Crippen molar-refractivity contribution in [1.82, 2.24) is 19.7 Å². The van der Waals surface area contributed by atoms with Crippen LogP contribution in [0.15, 0.2) is 27.6 Å². The van der Waals surface area contributed by atoms with Gasteiger partial charge >= 0.3 is 0 Å². The van der Waals surface area contributed by atoms with E-state index in [1.165, 1.54) is 0 Å². The SMILES string of the molecule is Cc1cc(Br)cc(C)c1-n1cc2c(=O)[nH]c(N3CCOC[C@H]3C)nc2n1. The molecule has 7 nitrogen and oxygen atoms in total. The van der Waals surface area contributed by atoms with Crippen LogP contribution in [0.3, 0.4) is 0 Å². The van der Waals surface area contributed by atoms with Crippen LogP contribution in [0, 0.1) is 13.8 Å². The third-order valence-electron chi connectivity index (χ3n) is 4.70. The second kappa shape index (κ2) is 6.51. The van der Waals surface area contributed by atoms with Crippen LogP contribution in [0.25, 0.3) is 16.7 Å². The zero-order chi connectivity index (χ0) is 18.4. The third-order valence-corrected chi connectivity index (χ3v) is 5.16. The van der Waals surface area contributed by atoms with E-state index in [1.54, 1.807) is 10.9 Å². The number of anilines is 1. The molecule has 1 atom stereocenters. The molecule has 136 valence electrons. The monoisotopic (exact) mass is 417 g/mol. The summed E-state index contributed by atoms with van der Waals surface area (Å²) in [5.41, 5.74) is 3.38. The number of aryl methyl sites for hydroxylation is 2. The van der Waals surface area contributed by atoms with Crippen LogP contribution in [0.5, 0.6) is 0 Å². The van der Waals surface area contributed by atoms with Crippen molar-refractivity contribution in [3.8, 4) is 5.69 Å². The number of hydrogen-bond acceptors (Lipinski definition) is 5. The van der Waals surface area contributed by atoms with Gasteiger partial charge in [-0.25, -0.2) is 4.68 Å². The van der Waals surface area contributed by atoms with Crippen molar-refractivity contribution in [3.05, 3.63) is 44.3 Å². The number of rotatable bonds is 2. The molecular formula is C18H20BrN5O2. The van der Waals surface area contributed by atoms with Gasteiger partial charge in [-0.05, 0) is 44.0 Å². The largest absolute Gasteiger partial charge is 0.377 e. The predicted octanol–water partition coefficient (Wildman–Crippen LogP) is 2.71. The number of aromatic amines is 1. The number of benzene rings is 1.